The third-order valence-electron chi connectivity index (χ3n) is 9.85. The first kappa shape index (κ1) is 28.6. The van der Waals surface area contributed by atoms with Crippen LogP contribution in [0.2, 0.25) is 0 Å². The number of hydrogen-bond acceptors (Lipinski definition) is 5. The van der Waals surface area contributed by atoms with Gasteiger partial charge in [0.05, 0.1) is 16.7 Å². The van der Waals surface area contributed by atoms with E-state index < -0.39 is 0 Å². The van der Waals surface area contributed by atoms with Crippen LogP contribution in [0.1, 0.15) is 0 Å². The predicted molar refractivity (Wildman–Crippen MR) is 216 cm³/mol. The average Bonchev–Trinajstić information content (AvgIpc) is 3.86. The van der Waals surface area contributed by atoms with E-state index >= 15 is 0 Å². The molecule has 0 spiro atoms. The summed E-state index contributed by atoms with van der Waals surface area (Å²) in [5.41, 5.74) is 6.57. The van der Waals surface area contributed by atoms with E-state index in [4.69, 9.17) is 15.0 Å². The predicted octanol–water partition coefficient (Wildman–Crippen LogP) is 12.7. The van der Waals surface area contributed by atoms with Crippen LogP contribution >= 0.6 is 22.7 Å². The summed E-state index contributed by atoms with van der Waals surface area (Å²) in [7, 11) is 0. The number of fused-ring (bicyclic) bond motifs is 9. The van der Waals surface area contributed by atoms with Crippen molar-refractivity contribution in [3.8, 4) is 39.9 Å². The van der Waals surface area contributed by atoms with Gasteiger partial charge < -0.3 is 4.57 Å². The van der Waals surface area contributed by atoms with Gasteiger partial charge in [0.15, 0.2) is 17.5 Å². The van der Waals surface area contributed by atoms with Crippen LogP contribution in [0, 0.1) is 0 Å². The van der Waals surface area contributed by atoms with Gasteiger partial charge in [-0.05, 0) is 42.5 Å². The fourth-order valence-electron chi connectivity index (χ4n) is 7.61. The number of rotatable bonds is 4. The van der Waals surface area contributed by atoms with Gasteiger partial charge in [-0.1, -0.05) is 115 Å². The summed E-state index contributed by atoms with van der Waals surface area (Å²) in [6.45, 7) is 0. The second kappa shape index (κ2) is 11.2. The molecule has 6 heteroatoms. The molecule has 0 atom stereocenters. The lowest BCUT2D eigenvalue weighted by Gasteiger charge is -2.10. The number of hydrogen-bond donors (Lipinski definition) is 0. The smallest absolute Gasteiger partial charge is 0.164 e. The number of para-hydroxylation sites is 2. The van der Waals surface area contributed by atoms with Gasteiger partial charge in [0.25, 0.3) is 0 Å². The molecule has 0 N–H and O–H groups in total. The van der Waals surface area contributed by atoms with Crippen molar-refractivity contribution in [2.75, 3.05) is 0 Å². The molecule has 0 bridgehead atoms. The second-order valence-corrected chi connectivity index (χ2v) is 15.0. The van der Waals surface area contributed by atoms with Crippen molar-refractivity contribution < 1.29 is 0 Å². The fourth-order valence-corrected chi connectivity index (χ4v) is 9.99. The summed E-state index contributed by atoms with van der Waals surface area (Å²) in [4.78, 5) is 15.2. The zero-order valence-corrected chi connectivity index (χ0v) is 28.7. The molecular weight excluding hydrogens is 661 g/mol. The van der Waals surface area contributed by atoms with Crippen LogP contribution in [-0.4, -0.2) is 19.5 Å². The Labute approximate surface area is 300 Å². The van der Waals surface area contributed by atoms with Gasteiger partial charge in [0.1, 0.15) is 0 Å². The Morgan fingerprint density at radius 1 is 0.373 bits per heavy atom. The first-order valence-corrected chi connectivity index (χ1v) is 18.6. The Morgan fingerprint density at radius 3 is 1.51 bits per heavy atom. The highest BCUT2D eigenvalue weighted by Crippen LogP contribution is 2.46. The molecular formula is C45H26N4S2. The van der Waals surface area contributed by atoms with Crippen LogP contribution in [0.3, 0.4) is 0 Å². The van der Waals surface area contributed by atoms with E-state index in [1.54, 1.807) is 0 Å². The Balaban J connectivity index is 1.19. The molecule has 0 aliphatic carbocycles. The number of benzene rings is 7. The molecule has 0 aliphatic heterocycles. The summed E-state index contributed by atoms with van der Waals surface area (Å²) in [6.07, 6.45) is 0. The Morgan fingerprint density at radius 2 is 0.882 bits per heavy atom. The molecule has 4 heterocycles. The van der Waals surface area contributed by atoms with Crippen molar-refractivity contribution in [3.63, 3.8) is 0 Å². The Kier molecular flexibility index (Phi) is 6.26. The number of thiophene rings is 2. The molecule has 51 heavy (non-hydrogen) atoms. The molecule has 0 saturated carbocycles. The summed E-state index contributed by atoms with van der Waals surface area (Å²) in [6, 6.07) is 55.9. The van der Waals surface area contributed by atoms with Gasteiger partial charge in [0, 0.05) is 67.8 Å². The van der Waals surface area contributed by atoms with Gasteiger partial charge in [-0.25, -0.2) is 15.0 Å². The Hall–Kier alpha value is -6.21. The van der Waals surface area contributed by atoms with Crippen LogP contribution in [0.4, 0.5) is 0 Å². The fraction of sp³-hybridized carbons (Fsp3) is 0. The van der Waals surface area contributed by atoms with Gasteiger partial charge in [-0.2, -0.15) is 0 Å². The lowest BCUT2D eigenvalue weighted by atomic mass is 10.0. The molecule has 0 fully saturated rings. The van der Waals surface area contributed by atoms with Crippen molar-refractivity contribution in [1.29, 1.82) is 0 Å². The SMILES string of the molecule is c1ccc(-c2nc(-c3ccccc3)nc(-c3cccc4sc5cc6sc7cccc(-n8c9ccccc9c9ccccc98)c7c6cc5c34)n2)cc1. The number of aromatic nitrogens is 4. The van der Waals surface area contributed by atoms with Crippen molar-refractivity contribution in [1.82, 2.24) is 19.5 Å². The lowest BCUT2D eigenvalue weighted by molar-refractivity contribution is 1.08. The molecule has 0 aliphatic rings. The van der Waals surface area contributed by atoms with E-state index in [1.807, 2.05) is 59.1 Å². The topological polar surface area (TPSA) is 43.6 Å². The molecule has 0 amide bonds. The largest absolute Gasteiger partial charge is 0.309 e. The van der Waals surface area contributed by atoms with Crippen LogP contribution in [0.5, 0.6) is 0 Å². The first-order chi connectivity index (χ1) is 25.3. The molecule has 0 radical (unpaired) electrons. The minimum absolute atomic E-state index is 0.665. The monoisotopic (exact) mass is 686 g/mol. The van der Waals surface area contributed by atoms with Crippen LogP contribution in [0.25, 0.3) is 102 Å². The number of nitrogens with zero attached hydrogens (tertiary/aromatic N) is 4. The maximum Gasteiger partial charge on any atom is 0.164 e. The summed E-state index contributed by atoms with van der Waals surface area (Å²) < 4.78 is 7.49. The zero-order valence-electron chi connectivity index (χ0n) is 27.1. The third kappa shape index (κ3) is 4.40. The molecule has 0 unspecified atom stereocenters. The Bertz CT molecular complexity index is 3030. The van der Waals surface area contributed by atoms with Crippen molar-refractivity contribution in [2.45, 2.75) is 0 Å². The van der Waals surface area contributed by atoms with Crippen molar-refractivity contribution >= 4 is 84.8 Å². The molecule has 7 aromatic carbocycles. The van der Waals surface area contributed by atoms with Gasteiger partial charge >= 0.3 is 0 Å². The van der Waals surface area contributed by atoms with Gasteiger partial charge in [-0.3, -0.25) is 0 Å². The summed E-state index contributed by atoms with van der Waals surface area (Å²) >= 11 is 3.70. The van der Waals surface area contributed by atoms with E-state index in [0.29, 0.717) is 17.5 Å². The normalized spacial score (nSPS) is 11.9. The van der Waals surface area contributed by atoms with Crippen LogP contribution < -0.4 is 0 Å². The maximum absolute atomic E-state index is 5.13. The minimum atomic E-state index is 0.665. The van der Waals surface area contributed by atoms with Gasteiger partial charge in [-0.15, -0.1) is 22.7 Å². The second-order valence-electron chi connectivity index (χ2n) is 12.8. The van der Waals surface area contributed by atoms with E-state index in [0.717, 1.165) is 16.7 Å². The molecule has 4 aromatic heterocycles. The maximum atomic E-state index is 5.13. The molecule has 11 aromatic rings. The highest BCUT2D eigenvalue weighted by atomic mass is 32.1. The first-order valence-electron chi connectivity index (χ1n) is 16.9. The molecule has 11 rings (SSSR count). The standard InChI is InChI=1S/C45H26N4S2/c1-3-13-27(14-4-1)43-46-44(28-15-5-2-6-16-28)48-45(47-43)31-19-11-23-37-41(31)32-25-33-40(26-39(32)50-37)51-38-24-12-22-36(42(33)38)49-34-20-9-7-17-29(34)30-18-8-10-21-35(30)49/h1-26H. The highest BCUT2D eigenvalue weighted by molar-refractivity contribution is 7.28. The lowest BCUT2D eigenvalue weighted by Crippen LogP contribution is -2.00. The third-order valence-corrected chi connectivity index (χ3v) is 12.1. The molecule has 238 valence electrons. The van der Waals surface area contributed by atoms with E-state index in [9.17, 15) is 0 Å². The zero-order chi connectivity index (χ0) is 33.5. The average molecular weight is 687 g/mol. The minimum Gasteiger partial charge on any atom is -0.309 e. The molecule has 0 saturated heterocycles. The van der Waals surface area contributed by atoms with Crippen LogP contribution in [0.15, 0.2) is 158 Å². The van der Waals surface area contributed by atoms with Crippen LogP contribution in [-0.2, 0) is 0 Å². The van der Waals surface area contributed by atoms with Crippen molar-refractivity contribution in [2.24, 2.45) is 0 Å². The quantitative estimate of drug-likeness (QED) is 0.185. The van der Waals surface area contributed by atoms with Crippen molar-refractivity contribution in [3.05, 3.63) is 158 Å². The summed E-state index contributed by atoms with van der Waals surface area (Å²) in [5, 5.41) is 7.47. The molecule has 4 nitrogen and oxygen atoms in total. The van der Waals surface area contributed by atoms with Gasteiger partial charge in [0.2, 0.25) is 0 Å². The van der Waals surface area contributed by atoms with E-state index in [-0.39, 0.29) is 0 Å². The van der Waals surface area contributed by atoms with E-state index in [1.165, 1.54) is 67.8 Å². The summed E-state index contributed by atoms with van der Waals surface area (Å²) in [5.74, 6) is 2.00. The van der Waals surface area contributed by atoms with E-state index in [2.05, 4.69) is 126 Å². The highest BCUT2D eigenvalue weighted by Gasteiger charge is 2.20.